The Morgan fingerprint density at radius 3 is 2.31 bits per heavy atom. The van der Waals surface area contributed by atoms with E-state index in [4.69, 9.17) is 9.47 Å². The molecule has 0 aliphatic heterocycles. The molecule has 0 fully saturated rings. The first-order chi connectivity index (χ1) is 13.8. The van der Waals surface area contributed by atoms with Crippen molar-refractivity contribution in [3.05, 3.63) is 64.7 Å². The molecule has 2 rings (SSSR count). The predicted molar refractivity (Wildman–Crippen MR) is 107 cm³/mol. The molecule has 158 valence electrons. The van der Waals surface area contributed by atoms with E-state index in [1.165, 1.54) is 12.1 Å². The Hall–Kier alpha value is -2.74. The first-order valence-corrected chi connectivity index (χ1v) is 9.15. The van der Waals surface area contributed by atoms with E-state index >= 15 is 0 Å². The van der Waals surface area contributed by atoms with Crippen LogP contribution in [0, 0.1) is 6.92 Å². The zero-order valence-corrected chi connectivity index (χ0v) is 16.8. The van der Waals surface area contributed by atoms with E-state index in [1.54, 1.807) is 14.2 Å². The Labute approximate surface area is 168 Å². The lowest BCUT2D eigenvalue weighted by molar-refractivity contribution is -0.137. The van der Waals surface area contributed by atoms with Crippen molar-refractivity contribution in [2.24, 2.45) is 4.99 Å². The van der Waals surface area contributed by atoms with Crippen molar-refractivity contribution >= 4 is 5.96 Å². The van der Waals surface area contributed by atoms with Gasteiger partial charge in [-0.05, 0) is 36.2 Å². The van der Waals surface area contributed by atoms with Gasteiger partial charge >= 0.3 is 6.18 Å². The third kappa shape index (κ3) is 7.30. The summed E-state index contributed by atoms with van der Waals surface area (Å²) in [5.74, 6) is 1.31. The van der Waals surface area contributed by atoms with Gasteiger partial charge in [-0.1, -0.05) is 24.3 Å². The van der Waals surface area contributed by atoms with Gasteiger partial charge in [0.2, 0.25) is 0 Å². The van der Waals surface area contributed by atoms with Crippen LogP contribution in [0.4, 0.5) is 13.2 Å². The number of benzene rings is 2. The quantitative estimate of drug-likeness (QED) is 0.394. The molecule has 0 saturated heterocycles. The van der Waals surface area contributed by atoms with Crippen molar-refractivity contribution < 1.29 is 22.6 Å². The van der Waals surface area contributed by atoms with Gasteiger partial charge in [-0.15, -0.1) is 0 Å². The summed E-state index contributed by atoms with van der Waals surface area (Å²) >= 11 is 0. The molecule has 0 bridgehead atoms. The lowest BCUT2D eigenvalue weighted by Gasteiger charge is -2.15. The molecule has 8 heteroatoms. The van der Waals surface area contributed by atoms with Crippen molar-refractivity contribution in [1.29, 1.82) is 0 Å². The largest absolute Gasteiger partial charge is 0.491 e. The molecule has 2 aromatic rings. The Balaban J connectivity index is 1.92. The monoisotopic (exact) mass is 409 g/mol. The molecule has 0 spiro atoms. The second-order valence-corrected chi connectivity index (χ2v) is 6.43. The second kappa shape index (κ2) is 10.7. The number of guanidine groups is 1. The molecule has 0 aliphatic carbocycles. The molecule has 29 heavy (non-hydrogen) atoms. The number of nitrogens with one attached hydrogen (secondary N) is 2. The fourth-order valence-electron chi connectivity index (χ4n) is 2.57. The van der Waals surface area contributed by atoms with Gasteiger partial charge in [0.15, 0.2) is 5.96 Å². The van der Waals surface area contributed by atoms with Crippen LogP contribution in [-0.2, 0) is 24.0 Å². The van der Waals surface area contributed by atoms with E-state index in [0.717, 1.165) is 34.6 Å². The van der Waals surface area contributed by atoms with Gasteiger partial charge in [-0.2, -0.15) is 13.2 Å². The van der Waals surface area contributed by atoms with Crippen LogP contribution in [0.15, 0.2) is 47.5 Å². The highest BCUT2D eigenvalue weighted by Gasteiger charge is 2.29. The Morgan fingerprint density at radius 2 is 1.69 bits per heavy atom. The van der Waals surface area contributed by atoms with Gasteiger partial charge in [-0.3, -0.25) is 4.99 Å². The normalized spacial score (nSPS) is 12.0. The van der Waals surface area contributed by atoms with E-state index < -0.39 is 11.7 Å². The Kier molecular flexibility index (Phi) is 8.33. The fourth-order valence-corrected chi connectivity index (χ4v) is 2.57. The van der Waals surface area contributed by atoms with Gasteiger partial charge in [0.25, 0.3) is 0 Å². The molecular weight excluding hydrogens is 383 g/mol. The second-order valence-electron chi connectivity index (χ2n) is 6.43. The van der Waals surface area contributed by atoms with Crippen LogP contribution in [0.5, 0.6) is 5.75 Å². The number of aryl methyl sites for hydroxylation is 1. The standard InChI is InChI=1S/C21H26F3N3O2/c1-15-4-7-17(19(12-15)29-11-10-28-3)14-27-20(25-2)26-13-16-5-8-18(9-6-16)21(22,23)24/h4-9,12H,10-11,13-14H2,1-3H3,(H2,25,26,27). The van der Waals surface area contributed by atoms with Crippen LogP contribution in [0.3, 0.4) is 0 Å². The molecule has 0 heterocycles. The molecule has 2 aromatic carbocycles. The number of aliphatic imine (C=N–C) groups is 1. The van der Waals surface area contributed by atoms with E-state index in [2.05, 4.69) is 15.6 Å². The van der Waals surface area contributed by atoms with Gasteiger partial charge < -0.3 is 20.1 Å². The van der Waals surface area contributed by atoms with Crippen LogP contribution in [0.2, 0.25) is 0 Å². The van der Waals surface area contributed by atoms with Crippen LogP contribution >= 0.6 is 0 Å². The van der Waals surface area contributed by atoms with E-state index in [0.29, 0.717) is 32.3 Å². The topological polar surface area (TPSA) is 54.9 Å². The van der Waals surface area contributed by atoms with Crippen molar-refractivity contribution in [3.63, 3.8) is 0 Å². The van der Waals surface area contributed by atoms with Crippen molar-refractivity contribution in [3.8, 4) is 5.75 Å². The van der Waals surface area contributed by atoms with Crippen LogP contribution in [0.25, 0.3) is 0 Å². The molecule has 5 nitrogen and oxygen atoms in total. The summed E-state index contributed by atoms with van der Waals surface area (Å²) in [6.45, 7) is 3.77. The maximum Gasteiger partial charge on any atom is 0.416 e. The number of nitrogens with zero attached hydrogens (tertiary/aromatic N) is 1. The molecule has 0 aromatic heterocycles. The van der Waals surface area contributed by atoms with Crippen LogP contribution < -0.4 is 15.4 Å². The highest BCUT2D eigenvalue weighted by molar-refractivity contribution is 5.79. The summed E-state index contributed by atoms with van der Waals surface area (Å²) in [6.07, 6.45) is -4.33. The highest BCUT2D eigenvalue weighted by atomic mass is 19.4. The average Bonchev–Trinajstić information content (AvgIpc) is 2.69. The molecule has 0 saturated carbocycles. The summed E-state index contributed by atoms with van der Waals surface area (Å²) in [7, 11) is 3.25. The zero-order valence-electron chi connectivity index (χ0n) is 16.8. The van der Waals surface area contributed by atoms with Gasteiger partial charge in [0.1, 0.15) is 12.4 Å². The number of ether oxygens (including phenoxy) is 2. The van der Waals surface area contributed by atoms with Gasteiger partial charge in [-0.25, -0.2) is 0 Å². The highest BCUT2D eigenvalue weighted by Crippen LogP contribution is 2.29. The predicted octanol–water partition coefficient (Wildman–Crippen LogP) is 3.90. The maximum atomic E-state index is 12.6. The number of methoxy groups -OCH3 is 1. The van der Waals surface area contributed by atoms with Crippen LogP contribution in [-0.4, -0.2) is 33.3 Å². The number of rotatable bonds is 8. The molecule has 0 unspecified atom stereocenters. The summed E-state index contributed by atoms with van der Waals surface area (Å²) in [5, 5.41) is 6.28. The summed E-state index contributed by atoms with van der Waals surface area (Å²) < 4.78 is 48.7. The maximum absolute atomic E-state index is 12.6. The summed E-state index contributed by atoms with van der Waals surface area (Å²) in [6, 6.07) is 11.0. The number of alkyl halides is 3. The summed E-state index contributed by atoms with van der Waals surface area (Å²) in [5.41, 5.74) is 2.11. The third-order valence-corrected chi connectivity index (χ3v) is 4.18. The first kappa shape index (κ1) is 22.5. The minimum absolute atomic E-state index is 0.350. The fraction of sp³-hybridized carbons (Fsp3) is 0.381. The van der Waals surface area contributed by atoms with Crippen LogP contribution in [0.1, 0.15) is 22.3 Å². The molecule has 2 N–H and O–H groups in total. The van der Waals surface area contributed by atoms with Gasteiger partial charge in [0.05, 0.1) is 12.2 Å². The van der Waals surface area contributed by atoms with Crippen molar-refractivity contribution in [1.82, 2.24) is 10.6 Å². The first-order valence-electron chi connectivity index (χ1n) is 9.15. The van der Waals surface area contributed by atoms with Gasteiger partial charge in [0, 0.05) is 32.8 Å². The minimum atomic E-state index is -4.33. The zero-order chi connectivity index (χ0) is 21.3. The molecular formula is C21H26F3N3O2. The van der Waals surface area contributed by atoms with Crippen molar-refractivity contribution in [2.75, 3.05) is 27.4 Å². The molecule has 0 atom stereocenters. The van der Waals surface area contributed by atoms with E-state index in [-0.39, 0.29) is 0 Å². The lowest BCUT2D eigenvalue weighted by atomic mass is 10.1. The number of halogens is 3. The summed E-state index contributed by atoms with van der Waals surface area (Å²) in [4.78, 5) is 4.15. The Morgan fingerprint density at radius 1 is 1.00 bits per heavy atom. The molecule has 0 amide bonds. The SMILES string of the molecule is CN=C(NCc1ccc(C(F)(F)F)cc1)NCc1ccc(C)cc1OCCOC. The molecule has 0 aliphatic rings. The third-order valence-electron chi connectivity index (χ3n) is 4.18. The number of hydrogen-bond acceptors (Lipinski definition) is 3. The minimum Gasteiger partial charge on any atom is -0.491 e. The molecule has 0 radical (unpaired) electrons. The lowest BCUT2D eigenvalue weighted by Crippen LogP contribution is -2.36. The van der Waals surface area contributed by atoms with E-state index in [1.807, 2.05) is 25.1 Å². The van der Waals surface area contributed by atoms with E-state index in [9.17, 15) is 13.2 Å². The average molecular weight is 409 g/mol. The Bertz CT molecular complexity index is 806. The number of hydrogen-bond donors (Lipinski definition) is 2. The smallest absolute Gasteiger partial charge is 0.416 e. The van der Waals surface area contributed by atoms with Crippen molar-refractivity contribution in [2.45, 2.75) is 26.2 Å².